The molecule has 4 heteroatoms. The van der Waals surface area contributed by atoms with E-state index in [9.17, 15) is 4.79 Å². The van der Waals surface area contributed by atoms with Gasteiger partial charge in [0, 0.05) is 30.0 Å². The number of nitrogens with two attached hydrogens (primary N) is 1. The Morgan fingerprint density at radius 2 is 2.14 bits per heavy atom. The molecule has 0 saturated heterocycles. The summed E-state index contributed by atoms with van der Waals surface area (Å²) in [5.41, 5.74) is 7.47. The molecular formula is C18H21N3O. The van der Waals surface area contributed by atoms with E-state index >= 15 is 0 Å². The van der Waals surface area contributed by atoms with Gasteiger partial charge in [0.15, 0.2) is 0 Å². The van der Waals surface area contributed by atoms with Crippen LogP contribution >= 0.6 is 0 Å². The van der Waals surface area contributed by atoms with Gasteiger partial charge in [0.2, 0.25) is 5.91 Å². The summed E-state index contributed by atoms with van der Waals surface area (Å²) in [6.45, 7) is 4.11. The maximum Gasteiger partial charge on any atom is 0.233 e. The summed E-state index contributed by atoms with van der Waals surface area (Å²) in [7, 11) is 0. The average molecular weight is 295 g/mol. The molecule has 22 heavy (non-hydrogen) atoms. The Morgan fingerprint density at radius 3 is 2.82 bits per heavy atom. The maximum atomic E-state index is 12.5. The molecule has 1 amide bonds. The molecule has 0 aliphatic heterocycles. The van der Waals surface area contributed by atoms with E-state index in [0.29, 0.717) is 0 Å². The zero-order valence-electron chi connectivity index (χ0n) is 12.9. The monoisotopic (exact) mass is 295 g/mol. The van der Waals surface area contributed by atoms with Gasteiger partial charge in [0.25, 0.3) is 0 Å². The van der Waals surface area contributed by atoms with E-state index in [1.54, 1.807) is 12.4 Å². The summed E-state index contributed by atoms with van der Waals surface area (Å²) in [6.07, 6.45) is 9.29. The van der Waals surface area contributed by atoms with Gasteiger partial charge in [0.1, 0.15) is 0 Å². The second-order valence-electron chi connectivity index (χ2n) is 5.00. The second-order valence-corrected chi connectivity index (χ2v) is 5.00. The molecule has 1 heterocycles. The highest BCUT2D eigenvalue weighted by Gasteiger charge is 2.19. The van der Waals surface area contributed by atoms with Crippen LogP contribution in [0.1, 0.15) is 13.8 Å². The van der Waals surface area contributed by atoms with Crippen molar-refractivity contribution in [1.29, 1.82) is 0 Å². The number of amides is 1. The summed E-state index contributed by atoms with van der Waals surface area (Å²) in [4.78, 5) is 16.6. The van der Waals surface area contributed by atoms with Gasteiger partial charge in [-0.15, -0.1) is 0 Å². The SMILES string of the molecule is C/C=C\C(=C/C)[C@H](CN)C(=O)Nc1ccc2cnccc2c1. The molecule has 0 radical (unpaired) electrons. The van der Waals surface area contributed by atoms with Gasteiger partial charge < -0.3 is 11.1 Å². The van der Waals surface area contributed by atoms with Gasteiger partial charge in [-0.2, -0.15) is 0 Å². The summed E-state index contributed by atoms with van der Waals surface area (Å²) in [6, 6.07) is 7.68. The number of nitrogens with one attached hydrogen (secondary N) is 1. The van der Waals surface area contributed by atoms with Crippen molar-refractivity contribution in [2.75, 3.05) is 11.9 Å². The van der Waals surface area contributed by atoms with E-state index in [-0.39, 0.29) is 18.4 Å². The average Bonchev–Trinajstić information content (AvgIpc) is 2.54. The molecule has 2 aromatic rings. The quantitative estimate of drug-likeness (QED) is 0.832. The molecule has 0 bridgehead atoms. The molecule has 1 atom stereocenters. The van der Waals surface area contributed by atoms with Gasteiger partial charge in [-0.1, -0.05) is 24.3 Å². The number of aromatic nitrogens is 1. The van der Waals surface area contributed by atoms with Crippen LogP contribution in [-0.2, 0) is 4.79 Å². The summed E-state index contributed by atoms with van der Waals surface area (Å²) >= 11 is 0. The topological polar surface area (TPSA) is 68.0 Å². The molecule has 4 nitrogen and oxygen atoms in total. The van der Waals surface area contributed by atoms with Crippen molar-refractivity contribution >= 4 is 22.4 Å². The van der Waals surface area contributed by atoms with Gasteiger partial charge in [-0.3, -0.25) is 9.78 Å². The largest absolute Gasteiger partial charge is 0.329 e. The molecule has 1 aromatic heterocycles. The number of rotatable bonds is 5. The number of allylic oxidation sites excluding steroid dienone is 3. The number of carbonyl (C=O) groups is 1. The third-order valence-electron chi connectivity index (χ3n) is 3.56. The minimum atomic E-state index is -0.352. The molecule has 0 spiro atoms. The Kier molecular flexibility index (Phi) is 5.44. The van der Waals surface area contributed by atoms with E-state index in [1.165, 1.54) is 0 Å². The molecule has 3 N–H and O–H groups in total. The highest BCUT2D eigenvalue weighted by atomic mass is 16.1. The molecule has 0 saturated carbocycles. The van der Waals surface area contributed by atoms with Gasteiger partial charge in [-0.25, -0.2) is 0 Å². The first-order valence-electron chi connectivity index (χ1n) is 7.33. The van der Waals surface area contributed by atoms with Crippen LogP contribution in [0.5, 0.6) is 0 Å². The van der Waals surface area contributed by atoms with E-state index in [4.69, 9.17) is 5.73 Å². The van der Waals surface area contributed by atoms with E-state index in [2.05, 4.69) is 10.3 Å². The van der Waals surface area contributed by atoms with Crippen molar-refractivity contribution in [3.05, 3.63) is 60.5 Å². The zero-order valence-corrected chi connectivity index (χ0v) is 12.9. The van der Waals surface area contributed by atoms with E-state index < -0.39 is 0 Å². The molecule has 0 fully saturated rings. The van der Waals surface area contributed by atoms with Crippen LogP contribution in [0.3, 0.4) is 0 Å². The van der Waals surface area contributed by atoms with Crippen LogP contribution in [0.15, 0.2) is 60.5 Å². The van der Waals surface area contributed by atoms with Crippen molar-refractivity contribution in [3.63, 3.8) is 0 Å². The Morgan fingerprint density at radius 1 is 1.32 bits per heavy atom. The lowest BCUT2D eigenvalue weighted by Gasteiger charge is -2.16. The molecular weight excluding hydrogens is 274 g/mol. The number of nitrogens with zero attached hydrogens (tertiary/aromatic N) is 1. The first-order chi connectivity index (χ1) is 10.7. The van der Waals surface area contributed by atoms with Crippen molar-refractivity contribution in [1.82, 2.24) is 4.98 Å². The maximum absolute atomic E-state index is 12.5. The normalized spacial score (nSPS) is 13.5. The first kappa shape index (κ1) is 15.9. The minimum absolute atomic E-state index is 0.0953. The number of hydrogen-bond donors (Lipinski definition) is 2. The number of anilines is 1. The standard InChI is InChI=1S/C18H21N3O/c1-3-5-13(4-2)17(11-19)18(22)21-16-7-6-15-12-20-9-8-14(15)10-16/h3-10,12,17H,11,19H2,1-2H3,(H,21,22)/b5-3-,13-4+/t17-/m0/s1. The predicted molar refractivity (Wildman–Crippen MR) is 91.5 cm³/mol. The lowest BCUT2D eigenvalue weighted by molar-refractivity contribution is -0.118. The van der Waals surface area contributed by atoms with Crippen molar-refractivity contribution in [3.8, 4) is 0 Å². The number of pyridine rings is 1. The van der Waals surface area contributed by atoms with Gasteiger partial charge >= 0.3 is 0 Å². The summed E-state index contributed by atoms with van der Waals surface area (Å²) < 4.78 is 0. The minimum Gasteiger partial charge on any atom is -0.329 e. The van der Waals surface area contributed by atoms with E-state index in [0.717, 1.165) is 22.0 Å². The molecule has 0 aliphatic carbocycles. The fourth-order valence-corrected chi connectivity index (χ4v) is 2.39. The van der Waals surface area contributed by atoms with Crippen LogP contribution < -0.4 is 11.1 Å². The number of benzene rings is 1. The highest BCUT2D eigenvalue weighted by molar-refractivity contribution is 5.97. The smallest absolute Gasteiger partial charge is 0.233 e. The van der Waals surface area contributed by atoms with Crippen LogP contribution in [0.25, 0.3) is 10.8 Å². The lowest BCUT2D eigenvalue weighted by Crippen LogP contribution is -2.30. The predicted octanol–water partition coefficient (Wildman–Crippen LogP) is 3.27. The first-order valence-corrected chi connectivity index (χ1v) is 7.33. The summed E-state index contributed by atoms with van der Waals surface area (Å²) in [5.74, 6) is -0.448. The van der Waals surface area contributed by atoms with Crippen LogP contribution in [-0.4, -0.2) is 17.4 Å². The van der Waals surface area contributed by atoms with Gasteiger partial charge in [-0.05, 0) is 43.0 Å². The van der Waals surface area contributed by atoms with E-state index in [1.807, 2.05) is 56.3 Å². The summed E-state index contributed by atoms with van der Waals surface area (Å²) in [5, 5.41) is 5.02. The van der Waals surface area contributed by atoms with Crippen LogP contribution in [0, 0.1) is 5.92 Å². The van der Waals surface area contributed by atoms with Crippen molar-refractivity contribution in [2.24, 2.45) is 11.7 Å². The number of fused-ring (bicyclic) bond motifs is 1. The molecule has 2 rings (SSSR count). The lowest BCUT2D eigenvalue weighted by atomic mass is 9.97. The molecule has 0 aliphatic rings. The van der Waals surface area contributed by atoms with Crippen molar-refractivity contribution in [2.45, 2.75) is 13.8 Å². The Labute approximate surface area is 130 Å². The Balaban J connectivity index is 2.21. The zero-order chi connectivity index (χ0) is 15.9. The highest BCUT2D eigenvalue weighted by Crippen LogP contribution is 2.20. The van der Waals surface area contributed by atoms with Crippen LogP contribution in [0.4, 0.5) is 5.69 Å². The Hall–Kier alpha value is -2.46. The molecule has 114 valence electrons. The number of carbonyl (C=O) groups excluding carboxylic acids is 1. The Bertz CT molecular complexity index is 719. The fraction of sp³-hybridized carbons (Fsp3) is 0.222. The third kappa shape index (κ3) is 3.59. The van der Waals surface area contributed by atoms with Crippen molar-refractivity contribution < 1.29 is 4.79 Å². The fourth-order valence-electron chi connectivity index (χ4n) is 2.39. The second kappa shape index (κ2) is 7.52. The number of hydrogen-bond acceptors (Lipinski definition) is 3. The van der Waals surface area contributed by atoms with Gasteiger partial charge in [0.05, 0.1) is 5.92 Å². The molecule has 0 unspecified atom stereocenters. The van der Waals surface area contributed by atoms with Crippen LogP contribution in [0.2, 0.25) is 0 Å². The third-order valence-corrected chi connectivity index (χ3v) is 3.56. The molecule has 1 aromatic carbocycles.